The standard InChI is InChI=1S/C28H20N4O2/c1-34-27-8-4-6-21-23(27)16-20(28(21)33)15-18-9-11-19(12-10-18)25-17-32(31-30-25)26-13-14-29-24-7-3-2-5-22(24)26/h2-15,17H,16H2,1H3/b20-15+. The first kappa shape index (κ1) is 20.1. The topological polar surface area (TPSA) is 69.9 Å². The summed E-state index contributed by atoms with van der Waals surface area (Å²) in [6.45, 7) is 0. The van der Waals surface area contributed by atoms with Crippen LogP contribution in [0.4, 0.5) is 0 Å². The molecular formula is C28H20N4O2. The second-order valence-electron chi connectivity index (χ2n) is 8.18. The molecule has 1 aliphatic rings. The largest absolute Gasteiger partial charge is 0.496 e. The van der Waals surface area contributed by atoms with E-state index in [1.807, 2.05) is 85.1 Å². The zero-order chi connectivity index (χ0) is 23.1. The second-order valence-corrected chi connectivity index (χ2v) is 8.18. The highest BCUT2D eigenvalue weighted by molar-refractivity contribution is 6.16. The minimum atomic E-state index is 0.0606. The smallest absolute Gasteiger partial charge is 0.189 e. The van der Waals surface area contributed by atoms with Gasteiger partial charge in [0, 0.05) is 40.3 Å². The Morgan fingerprint density at radius 3 is 2.68 bits per heavy atom. The molecule has 0 amide bonds. The highest BCUT2D eigenvalue weighted by Gasteiger charge is 2.27. The van der Waals surface area contributed by atoms with Crippen LogP contribution >= 0.6 is 0 Å². The van der Waals surface area contributed by atoms with Crippen molar-refractivity contribution < 1.29 is 9.53 Å². The van der Waals surface area contributed by atoms with Crippen molar-refractivity contribution in [2.75, 3.05) is 7.11 Å². The second kappa shape index (κ2) is 8.08. The number of allylic oxidation sites excluding steroid dienone is 1. The number of carbonyl (C=O) groups excluding carboxylic acids is 1. The van der Waals surface area contributed by atoms with Gasteiger partial charge in [-0.2, -0.15) is 0 Å². The zero-order valence-electron chi connectivity index (χ0n) is 18.5. The summed E-state index contributed by atoms with van der Waals surface area (Å²) in [5.74, 6) is 0.820. The van der Waals surface area contributed by atoms with Gasteiger partial charge in [0.1, 0.15) is 11.4 Å². The van der Waals surface area contributed by atoms with E-state index in [9.17, 15) is 4.79 Å². The van der Waals surface area contributed by atoms with E-state index in [1.165, 1.54) is 0 Å². The van der Waals surface area contributed by atoms with Crippen molar-refractivity contribution in [1.29, 1.82) is 0 Å². The van der Waals surface area contributed by atoms with Gasteiger partial charge in [0.05, 0.1) is 24.5 Å². The molecule has 0 N–H and O–H groups in total. The number of carbonyl (C=O) groups is 1. The average Bonchev–Trinajstić information content (AvgIpc) is 3.49. The summed E-state index contributed by atoms with van der Waals surface area (Å²) in [7, 11) is 1.63. The summed E-state index contributed by atoms with van der Waals surface area (Å²) in [5.41, 5.74) is 6.98. The summed E-state index contributed by atoms with van der Waals surface area (Å²) in [6, 6.07) is 23.5. The van der Waals surface area contributed by atoms with Crippen LogP contribution < -0.4 is 4.74 Å². The number of hydrogen-bond donors (Lipinski definition) is 0. The molecule has 0 spiro atoms. The van der Waals surface area contributed by atoms with E-state index < -0.39 is 0 Å². The lowest BCUT2D eigenvalue weighted by Gasteiger charge is -2.04. The molecule has 34 heavy (non-hydrogen) atoms. The molecule has 6 nitrogen and oxygen atoms in total. The maximum absolute atomic E-state index is 12.8. The number of nitrogens with zero attached hydrogens (tertiary/aromatic N) is 4. The third-order valence-electron chi connectivity index (χ3n) is 6.17. The first-order chi connectivity index (χ1) is 16.7. The van der Waals surface area contributed by atoms with Gasteiger partial charge in [0.2, 0.25) is 0 Å². The highest BCUT2D eigenvalue weighted by Crippen LogP contribution is 2.34. The number of rotatable bonds is 4. The molecule has 6 rings (SSSR count). The van der Waals surface area contributed by atoms with Crippen LogP contribution in [-0.4, -0.2) is 32.9 Å². The first-order valence-electron chi connectivity index (χ1n) is 11.0. The van der Waals surface area contributed by atoms with Crippen molar-refractivity contribution in [2.45, 2.75) is 6.42 Å². The van der Waals surface area contributed by atoms with E-state index >= 15 is 0 Å². The fourth-order valence-electron chi connectivity index (χ4n) is 4.46. The molecule has 0 fully saturated rings. The molecule has 0 bridgehead atoms. The van der Waals surface area contributed by atoms with Crippen LogP contribution in [-0.2, 0) is 6.42 Å². The molecule has 0 saturated heterocycles. The SMILES string of the molecule is COc1cccc2c1C/C(=C\c1ccc(-c3cn(-c4ccnc5ccccc45)nn3)cc1)C2=O. The Labute approximate surface area is 196 Å². The maximum atomic E-state index is 12.8. The molecule has 1 aliphatic carbocycles. The normalized spacial score (nSPS) is 14.0. The van der Waals surface area contributed by atoms with Crippen LogP contribution in [0, 0.1) is 0 Å². The van der Waals surface area contributed by atoms with Gasteiger partial charge in [0.25, 0.3) is 0 Å². The van der Waals surface area contributed by atoms with Gasteiger partial charge in [-0.05, 0) is 29.8 Å². The number of pyridine rings is 1. The van der Waals surface area contributed by atoms with E-state index in [2.05, 4.69) is 15.3 Å². The predicted octanol–water partition coefficient (Wildman–Crippen LogP) is 5.31. The molecule has 0 aliphatic heterocycles. The molecular weight excluding hydrogens is 424 g/mol. The van der Waals surface area contributed by atoms with Crippen LogP contribution in [0.1, 0.15) is 21.5 Å². The number of fused-ring (bicyclic) bond motifs is 2. The van der Waals surface area contributed by atoms with Crippen LogP contribution in [0.5, 0.6) is 5.75 Å². The lowest BCUT2D eigenvalue weighted by atomic mass is 10.1. The molecule has 5 aromatic rings. The lowest BCUT2D eigenvalue weighted by Crippen LogP contribution is -1.96. The Bertz CT molecular complexity index is 1580. The van der Waals surface area contributed by atoms with Gasteiger partial charge in [-0.25, -0.2) is 4.68 Å². The van der Waals surface area contributed by atoms with Gasteiger partial charge < -0.3 is 4.74 Å². The molecule has 164 valence electrons. The van der Waals surface area contributed by atoms with Crippen molar-refractivity contribution in [3.8, 4) is 22.7 Å². The van der Waals surface area contributed by atoms with E-state index in [1.54, 1.807) is 18.0 Å². The number of aromatic nitrogens is 4. The summed E-state index contributed by atoms with van der Waals surface area (Å²) in [4.78, 5) is 17.3. The molecule has 2 heterocycles. The minimum absolute atomic E-state index is 0.0606. The summed E-state index contributed by atoms with van der Waals surface area (Å²) in [6.07, 6.45) is 6.22. The Kier molecular flexibility index (Phi) is 4.77. The van der Waals surface area contributed by atoms with Gasteiger partial charge >= 0.3 is 0 Å². The molecule has 0 atom stereocenters. The fourth-order valence-corrected chi connectivity index (χ4v) is 4.46. The number of ketones is 1. The number of benzene rings is 3. The molecule has 0 radical (unpaired) electrons. The fraction of sp³-hybridized carbons (Fsp3) is 0.0714. The molecule has 3 aromatic carbocycles. The molecule has 0 saturated carbocycles. The Morgan fingerprint density at radius 1 is 0.971 bits per heavy atom. The number of para-hydroxylation sites is 1. The number of ether oxygens (including phenoxy) is 1. The average molecular weight is 444 g/mol. The van der Waals surface area contributed by atoms with Crippen LogP contribution in [0.3, 0.4) is 0 Å². The van der Waals surface area contributed by atoms with E-state index in [4.69, 9.17) is 4.74 Å². The van der Waals surface area contributed by atoms with Crippen molar-refractivity contribution >= 4 is 22.8 Å². The molecule has 6 heteroatoms. The van der Waals surface area contributed by atoms with E-state index in [-0.39, 0.29) is 5.78 Å². The van der Waals surface area contributed by atoms with Crippen molar-refractivity contribution in [1.82, 2.24) is 20.0 Å². The van der Waals surface area contributed by atoms with Crippen LogP contribution in [0.2, 0.25) is 0 Å². The van der Waals surface area contributed by atoms with Crippen LogP contribution in [0.25, 0.3) is 33.9 Å². The van der Waals surface area contributed by atoms with Crippen molar-refractivity contribution in [2.24, 2.45) is 0 Å². The predicted molar refractivity (Wildman–Crippen MR) is 131 cm³/mol. The molecule has 0 unspecified atom stereocenters. The highest BCUT2D eigenvalue weighted by atomic mass is 16.5. The van der Waals surface area contributed by atoms with Crippen molar-refractivity contribution in [3.05, 3.63) is 107 Å². The van der Waals surface area contributed by atoms with Gasteiger partial charge in [0.15, 0.2) is 5.78 Å². The van der Waals surface area contributed by atoms with Gasteiger partial charge in [-0.3, -0.25) is 9.78 Å². The van der Waals surface area contributed by atoms with E-state index in [0.29, 0.717) is 6.42 Å². The monoisotopic (exact) mass is 444 g/mol. The van der Waals surface area contributed by atoms with Gasteiger partial charge in [-0.1, -0.05) is 59.8 Å². The van der Waals surface area contributed by atoms with Crippen molar-refractivity contribution in [3.63, 3.8) is 0 Å². The van der Waals surface area contributed by atoms with E-state index in [0.717, 1.165) is 55.9 Å². The van der Waals surface area contributed by atoms with Gasteiger partial charge in [-0.15, -0.1) is 5.10 Å². The number of hydrogen-bond acceptors (Lipinski definition) is 5. The summed E-state index contributed by atoms with van der Waals surface area (Å²) >= 11 is 0. The first-order valence-corrected chi connectivity index (χ1v) is 11.0. The summed E-state index contributed by atoms with van der Waals surface area (Å²) in [5, 5.41) is 9.72. The summed E-state index contributed by atoms with van der Waals surface area (Å²) < 4.78 is 7.20. The Balaban J connectivity index is 1.27. The Hall–Kier alpha value is -4.58. The Morgan fingerprint density at radius 2 is 1.82 bits per heavy atom. The third-order valence-corrected chi connectivity index (χ3v) is 6.17. The minimum Gasteiger partial charge on any atom is -0.496 e. The van der Waals surface area contributed by atoms with Crippen LogP contribution in [0.15, 0.2) is 90.8 Å². The zero-order valence-corrected chi connectivity index (χ0v) is 18.5. The third kappa shape index (κ3) is 3.36. The number of Topliss-reactive ketones (excluding diaryl/α,β-unsaturated/α-hetero) is 1. The maximum Gasteiger partial charge on any atom is 0.189 e. The number of methoxy groups -OCH3 is 1. The lowest BCUT2D eigenvalue weighted by molar-refractivity contribution is 0.104. The molecule has 2 aromatic heterocycles. The quantitative estimate of drug-likeness (QED) is 0.351.